The molecule has 0 saturated heterocycles. The minimum Gasteiger partial charge on any atom is -0.493 e. The third-order valence-electron chi connectivity index (χ3n) is 4.81. The van der Waals surface area contributed by atoms with Crippen LogP contribution < -0.4 is 14.8 Å². The average molecular weight is 511 g/mol. The number of nitrogens with one attached hydrogen (secondary N) is 1. The lowest BCUT2D eigenvalue weighted by molar-refractivity contribution is -0.142. The standard InChI is InChI=1S/C22H15Cl2F3N4O3/c1-33-17-6-3-11(7-18(17)34-2)15-9-19(22(25,26)27)31-20(28-15)10-16(30-31)21(32)29-14-5-4-12(23)8-13(14)24/h3-10H,1-2H3,(H,29,32). The number of halogens is 5. The number of nitrogens with zero attached hydrogens (tertiary/aromatic N) is 3. The van der Waals surface area contributed by atoms with Crippen LogP contribution in [-0.2, 0) is 6.18 Å². The molecule has 0 unspecified atom stereocenters. The van der Waals surface area contributed by atoms with Crippen LogP contribution in [0, 0.1) is 0 Å². The summed E-state index contributed by atoms with van der Waals surface area (Å²) < 4.78 is 52.6. The van der Waals surface area contributed by atoms with E-state index in [4.69, 9.17) is 32.7 Å². The van der Waals surface area contributed by atoms with E-state index in [0.29, 0.717) is 26.6 Å². The summed E-state index contributed by atoms with van der Waals surface area (Å²) >= 11 is 11.9. The van der Waals surface area contributed by atoms with Gasteiger partial charge in [0.1, 0.15) is 0 Å². The van der Waals surface area contributed by atoms with Crippen LogP contribution in [0.2, 0.25) is 10.0 Å². The first-order valence-corrected chi connectivity index (χ1v) is 10.3. The first-order valence-electron chi connectivity index (χ1n) is 9.57. The Morgan fingerprint density at radius 2 is 1.74 bits per heavy atom. The quantitative estimate of drug-likeness (QED) is 0.356. The molecule has 4 aromatic rings. The number of carbonyl (C=O) groups is 1. The maximum Gasteiger partial charge on any atom is 0.433 e. The molecule has 2 heterocycles. The van der Waals surface area contributed by atoms with Crippen molar-refractivity contribution in [2.75, 3.05) is 19.5 Å². The van der Waals surface area contributed by atoms with Crippen molar-refractivity contribution in [3.05, 3.63) is 70.0 Å². The molecule has 34 heavy (non-hydrogen) atoms. The lowest BCUT2D eigenvalue weighted by Crippen LogP contribution is -2.16. The lowest BCUT2D eigenvalue weighted by Gasteiger charge is -2.12. The van der Waals surface area contributed by atoms with Crippen LogP contribution in [0.25, 0.3) is 16.9 Å². The van der Waals surface area contributed by atoms with Gasteiger partial charge in [-0.2, -0.15) is 18.3 Å². The molecule has 4 rings (SSSR count). The highest BCUT2D eigenvalue weighted by Gasteiger charge is 2.35. The number of ether oxygens (including phenoxy) is 2. The maximum atomic E-state index is 13.9. The number of anilines is 1. The fourth-order valence-electron chi connectivity index (χ4n) is 3.21. The van der Waals surface area contributed by atoms with Gasteiger partial charge in [0, 0.05) is 16.7 Å². The first-order chi connectivity index (χ1) is 16.1. The summed E-state index contributed by atoms with van der Waals surface area (Å²) in [5.74, 6) is -0.0355. The number of benzene rings is 2. The van der Waals surface area contributed by atoms with Gasteiger partial charge in [-0.3, -0.25) is 4.79 Å². The highest BCUT2D eigenvalue weighted by atomic mass is 35.5. The fraction of sp³-hybridized carbons (Fsp3) is 0.136. The predicted molar refractivity (Wildman–Crippen MR) is 121 cm³/mol. The zero-order valence-corrected chi connectivity index (χ0v) is 19.1. The van der Waals surface area contributed by atoms with Crippen LogP contribution >= 0.6 is 23.2 Å². The lowest BCUT2D eigenvalue weighted by atomic mass is 10.1. The number of hydrogen-bond acceptors (Lipinski definition) is 5. The average Bonchev–Trinajstić information content (AvgIpc) is 3.23. The van der Waals surface area contributed by atoms with E-state index in [1.54, 1.807) is 12.1 Å². The molecular weight excluding hydrogens is 496 g/mol. The van der Waals surface area contributed by atoms with Crippen molar-refractivity contribution in [1.82, 2.24) is 14.6 Å². The molecule has 1 N–H and O–H groups in total. The fourth-order valence-corrected chi connectivity index (χ4v) is 3.66. The molecule has 0 atom stereocenters. The molecule has 0 spiro atoms. The molecule has 1 amide bonds. The summed E-state index contributed by atoms with van der Waals surface area (Å²) in [6.07, 6.45) is -4.77. The summed E-state index contributed by atoms with van der Waals surface area (Å²) in [6, 6.07) is 11.0. The molecule has 2 aromatic heterocycles. The summed E-state index contributed by atoms with van der Waals surface area (Å²) in [5.41, 5.74) is -0.978. The van der Waals surface area contributed by atoms with Crippen LogP contribution in [-0.4, -0.2) is 34.7 Å². The van der Waals surface area contributed by atoms with Gasteiger partial charge < -0.3 is 14.8 Å². The molecule has 7 nitrogen and oxygen atoms in total. The van der Waals surface area contributed by atoms with Crippen molar-refractivity contribution in [2.24, 2.45) is 0 Å². The van der Waals surface area contributed by atoms with Crippen LogP contribution in [0.5, 0.6) is 11.5 Å². The van der Waals surface area contributed by atoms with Crippen LogP contribution in [0.15, 0.2) is 48.5 Å². The zero-order valence-electron chi connectivity index (χ0n) is 17.6. The van der Waals surface area contributed by atoms with Gasteiger partial charge in [-0.1, -0.05) is 23.2 Å². The molecule has 0 fully saturated rings. The number of hydrogen-bond donors (Lipinski definition) is 1. The van der Waals surface area contributed by atoms with E-state index in [2.05, 4.69) is 15.4 Å². The van der Waals surface area contributed by atoms with Crippen molar-refractivity contribution in [2.45, 2.75) is 6.18 Å². The minimum absolute atomic E-state index is 0.00776. The summed E-state index contributed by atoms with van der Waals surface area (Å²) in [5, 5.41) is 6.85. The van der Waals surface area contributed by atoms with Crippen molar-refractivity contribution in [3.63, 3.8) is 0 Å². The second kappa shape index (κ2) is 9.03. The SMILES string of the molecule is COc1ccc(-c2cc(C(F)(F)F)n3nc(C(=O)Nc4ccc(Cl)cc4Cl)cc3n2)cc1OC. The molecule has 0 aliphatic carbocycles. The van der Waals surface area contributed by atoms with Crippen molar-refractivity contribution in [1.29, 1.82) is 0 Å². The summed E-state index contributed by atoms with van der Waals surface area (Å²) in [7, 11) is 2.86. The largest absolute Gasteiger partial charge is 0.493 e. The van der Waals surface area contributed by atoms with Crippen LogP contribution in [0.1, 0.15) is 16.2 Å². The van der Waals surface area contributed by atoms with E-state index >= 15 is 0 Å². The Balaban J connectivity index is 1.79. The maximum absolute atomic E-state index is 13.9. The van der Waals surface area contributed by atoms with Gasteiger partial charge in [0.25, 0.3) is 5.91 Å². The summed E-state index contributed by atoms with van der Waals surface area (Å²) in [4.78, 5) is 16.9. The molecule has 2 aromatic carbocycles. The van der Waals surface area contributed by atoms with Crippen molar-refractivity contribution in [3.8, 4) is 22.8 Å². The van der Waals surface area contributed by atoms with E-state index in [-0.39, 0.29) is 27.7 Å². The Bertz CT molecular complexity index is 1410. The van der Waals surface area contributed by atoms with E-state index in [1.165, 1.54) is 38.5 Å². The Labute approximate surface area is 201 Å². The summed E-state index contributed by atoms with van der Waals surface area (Å²) in [6.45, 7) is 0. The van der Waals surface area contributed by atoms with E-state index < -0.39 is 17.8 Å². The number of methoxy groups -OCH3 is 2. The number of rotatable bonds is 5. The molecular formula is C22H15Cl2F3N4O3. The monoisotopic (exact) mass is 510 g/mol. The number of aromatic nitrogens is 3. The number of amides is 1. The predicted octanol–water partition coefficient (Wildman–Crippen LogP) is 5.99. The molecule has 12 heteroatoms. The second-order valence-corrected chi connectivity index (χ2v) is 7.82. The zero-order chi connectivity index (χ0) is 24.6. The van der Waals surface area contributed by atoms with E-state index in [0.717, 1.165) is 12.1 Å². The second-order valence-electron chi connectivity index (χ2n) is 6.97. The van der Waals surface area contributed by atoms with E-state index in [9.17, 15) is 18.0 Å². The third-order valence-corrected chi connectivity index (χ3v) is 5.36. The number of fused-ring (bicyclic) bond motifs is 1. The Morgan fingerprint density at radius 3 is 2.38 bits per heavy atom. The van der Waals surface area contributed by atoms with Gasteiger partial charge in [0.05, 0.1) is 30.6 Å². The Kier molecular flexibility index (Phi) is 6.28. The highest BCUT2D eigenvalue weighted by Crippen LogP contribution is 2.35. The smallest absolute Gasteiger partial charge is 0.433 e. The molecule has 0 bridgehead atoms. The molecule has 176 valence electrons. The number of alkyl halides is 3. The van der Waals surface area contributed by atoms with Gasteiger partial charge in [0.15, 0.2) is 28.5 Å². The molecule has 0 saturated carbocycles. The van der Waals surface area contributed by atoms with Gasteiger partial charge in [0.2, 0.25) is 0 Å². The third kappa shape index (κ3) is 4.59. The Morgan fingerprint density at radius 1 is 1.00 bits per heavy atom. The molecule has 0 aliphatic heterocycles. The minimum atomic E-state index is -4.77. The van der Waals surface area contributed by atoms with E-state index in [1.807, 2.05) is 0 Å². The van der Waals surface area contributed by atoms with Gasteiger partial charge >= 0.3 is 6.18 Å². The van der Waals surface area contributed by atoms with Crippen molar-refractivity contribution >= 4 is 40.4 Å². The topological polar surface area (TPSA) is 77.8 Å². The van der Waals surface area contributed by atoms with Crippen molar-refractivity contribution < 1.29 is 27.4 Å². The molecule has 0 aliphatic rings. The van der Waals surface area contributed by atoms with Crippen LogP contribution in [0.4, 0.5) is 18.9 Å². The normalized spacial score (nSPS) is 11.5. The van der Waals surface area contributed by atoms with Gasteiger partial charge in [-0.15, -0.1) is 0 Å². The molecule has 0 radical (unpaired) electrons. The Hall–Kier alpha value is -3.50. The number of carbonyl (C=O) groups excluding carboxylic acids is 1. The van der Waals surface area contributed by atoms with Gasteiger partial charge in [-0.25, -0.2) is 9.50 Å². The van der Waals surface area contributed by atoms with Crippen LogP contribution in [0.3, 0.4) is 0 Å². The first kappa shape index (κ1) is 23.7. The van der Waals surface area contributed by atoms with Gasteiger partial charge in [-0.05, 0) is 42.5 Å². The highest BCUT2D eigenvalue weighted by molar-refractivity contribution is 6.36.